The lowest BCUT2D eigenvalue weighted by atomic mass is 10.1. The van der Waals surface area contributed by atoms with Crippen LogP contribution in [0.25, 0.3) is 11.0 Å². The normalized spacial score (nSPS) is 11.4. The quantitative estimate of drug-likeness (QED) is 0.576. The lowest BCUT2D eigenvalue weighted by Gasteiger charge is -2.21. The molecule has 5 nitrogen and oxygen atoms in total. The third-order valence-corrected chi connectivity index (χ3v) is 4.06. The van der Waals surface area contributed by atoms with Crippen LogP contribution in [0.2, 0.25) is 0 Å². The van der Waals surface area contributed by atoms with Crippen molar-refractivity contribution in [3.8, 4) is 6.07 Å². The maximum absolute atomic E-state index is 14.0. The fourth-order valence-corrected chi connectivity index (χ4v) is 2.74. The molecule has 3 aromatic rings. The van der Waals surface area contributed by atoms with Crippen molar-refractivity contribution in [2.24, 2.45) is 4.99 Å². The molecule has 26 heavy (non-hydrogen) atoms. The zero-order valence-corrected chi connectivity index (χ0v) is 14.7. The predicted octanol–water partition coefficient (Wildman–Crippen LogP) is 3.65. The van der Waals surface area contributed by atoms with Crippen LogP contribution in [0.15, 0.2) is 57.9 Å². The highest BCUT2D eigenvalue weighted by atomic mass is 19.1. The summed E-state index contributed by atoms with van der Waals surface area (Å²) in [5.41, 5.74) is 1.62. The van der Waals surface area contributed by atoms with Crippen molar-refractivity contribution < 1.29 is 8.81 Å². The Labute approximate surface area is 151 Å². The van der Waals surface area contributed by atoms with Crippen LogP contribution >= 0.6 is 0 Å². The van der Waals surface area contributed by atoms with E-state index in [4.69, 9.17) is 9.68 Å². The number of nitrogens with zero attached hydrogens (tertiary/aromatic N) is 3. The highest BCUT2D eigenvalue weighted by molar-refractivity contribution is 5.80. The van der Waals surface area contributed by atoms with Gasteiger partial charge in [-0.25, -0.2) is 4.39 Å². The maximum Gasteiger partial charge on any atom is 0.194 e. The summed E-state index contributed by atoms with van der Waals surface area (Å²) in [6.45, 7) is 0.804. The van der Waals surface area contributed by atoms with Crippen LogP contribution in [0.4, 0.5) is 4.39 Å². The van der Waals surface area contributed by atoms with Gasteiger partial charge in [0.05, 0.1) is 18.2 Å². The molecule has 0 radical (unpaired) electrons. The van der Waals surface area contributed by atoms with Crippen LogP contribution in [-0.2, 0) is 13.1 Å². The Hall–Kier alpha value is -3.33. The van der Waals surface area contributed by atoms with E-state index in [0.717, 1.165) is 16.7 Å². The number of halogens is 1. The summed E-state index contributed by atoms with van der Waals surface area (Å²) in [4.78, 5) is 6.13. The number of fused-ring (bicyclic) bond motifs is 1. The first-order valence-electron chi connectivity index (χ1n) is 8.18. The minimum Gasteiger partial charge on any atom is -0.459 e. The maximum atomic E-state index is 14.0. The molecule has 1 heterocycles. The Morgan fingerprint density at radius 1 is 1.27 bits per heavy atom. The van der Waals surface area contributed by atoms with E-state index < -0.39 is 5.82 Å². The van der Waals surface area contributed by atoms with Gasteiger partial charge < -0.3 is 14.6 Å². The molecule has 0 unspecified atom stereocenters. The molecule has 0 aliphatic rings. The Morgan fingerprint density at radius 3 is 2.77 bits per heavy atom. The van der Waals surface area contributed by atoms with E-state index in [2.05, 4.69) is 10.3 Å². The van der Waals surface area contributed by atoms with E-state index in [9.17, 15) is 4.39 Å². The third kappa shape index (κ3) is 3.83. The number of nitrogens with one attached hydrogen (secondary N) is 1. The van der Waals surface area contributed by atoms with Crippen LogP contribution in [0.5, 0.6) is 0 Å². The minimum absolute atomic E-state index is 0.273. The largest absolute Gasteiger partial charge is 0.459 e. The molecule has 2 aromatic carbocycles. The van der Waals surface area contributed by atoms with Crippen LogP contribution < -0.4 is 5.32 Å². The van der Waals surface area contributed by atoms with Crippen molar-refractivity contribution in [1.82, 2.24) is 10.2 Å². The molecular formula is C20H19FN4O. The molecule has 1 N–H and O–H groups in total. The topological polar surface area (TPSA) is 64.6 Å². The van der Waals surface area contributed by atoms with Gasteiger partial charge >= 0.3 is 0 Å². The van der Waals surface area contributed by atoms with Gasteiger partial charge in [-0.3, -0.25) is 4.99 Å². The van der Waals surface area contributed by atoms with Gasteiger partial charge in [-0.2, -0.15) is 5.26 Å². The highest BCUT2D eigenvalue weighted by Crippen LogP contribution is 2.19. The molecule has 0 aliphatic heterocycles. The van der Waals surface area contributed by atoms with Gasteiger partial charge in [-0.1, -0.05) is 24.3 Å². The summed E-state index contributed by atoms with van der Waals surface area (Å²) in [5, 5.41) is 13.0. The molecule has 0 amide bonds. The summed E-state index contributed by atoms with van der Waals surface area (Å²) in [6, 6.07) is 16.2. The predicted molar refractivity (Wildman–Crippen MR) is 99.0 cm³/mol. The standard InChI is InChI=1S/C20H19FN4O/c1-23-20(24-12-16-8-7-14(11-22)9-18(16)21)25(2)13-17-10-15-5-3-4-6-19(15)26-17/h3-10H,12-13H2,1-2H3,(H,23,24). The van der Waals surface area contributed by atoms with E-state index in [1.807, 2.05) is 48.3 Å². The van der Waals surface area contributed by atoms with E-state index >= 15 is 0 Å². The molecule has 0 spiro atoms. The smallest absolute Gasteiger partial charge is 0.194 e. The molecular weight excluding hydrogens is 331 g/mol. The van der Waals surface area contributed by atoms with Gasteiger partial charge in [0.2, 0.25) is 0 Å². The average Bonchev–Trinajstić information content (AvgIpc) is 3.05. The molecule has 0 saturated heterocycles. The number of rotatable bonds is 4. The van der Waals surface area contributed by atoms with E-state index in [-0.39, 0.29) is 6.54 Å². The Kier molecular flexibility index (Phi) is 5.18. The van der Waals surface area contributed by atoms with Gasteiger partial charge in [0.1, 0.15) is 17.2 Å². The summed E-state index contributed by atoms with van der Waals surface area (Å²) >= 11 is 0. The lowest BCUT2D eigenvalue weighted by Crippen LogP contribution is -2.38. The van der Waals surface area contributed by atoms with Gasteiger partial charge in [0.15, 0.2) is 5.96 Å². The van der Waals surface area contributed by atoms with Gasteiger partial charge in [-0.05, 0) is 24.3 Å². The number of guanidine groups is 1. The number of hydrogen-bond donors (Lipinski definition) is 1. The first kappa shape index (κ1) is 17.5. The highest BCUT2D eigenvalue weighted by Gasteiger charge is 2.11. The zero-order chi connectivity index (χ0) is 18.5. The Bertz CT molecular complexity index is 954. The molecule has 6 heteroatoms. The molecule has 1 aromatic heterocycles. The second-order valence-corrected chi connectivity index (χ2v) is 5.93. The summed E-state index contributed by atoms with van der Waals surface area (Å²) in [5.74, 6) is 1.03. The van der Waals surface area contributed by atoms with E-state index in [0.29, 0.717) is 23.6 Å². The first-order valence-corrected chi connectivity index (χ1v) is 8.18. The fourth-order valence-electron chi connectivity index (χ4n) is 2.74. The first-order chi connectivity index (χ1) is 12.6. The van der Waals surface area contributed by atoms with Crippen LogP contribution in [-0.4, -0.2) is 25.0 Å². The van der Waals surface area contributed by atoms with E-state index in [1.54, 1.807) is 19.2 Å². The van der Waals surface area contributed by atoms with Gasteiger partial charge in [0, 0.05) is 31.6 Å². The number of aliphatic imine (C=N–C) groups is 1. The lowest BCUT2D eigenvalue weighted by molar-refractivity contribution is 0.412. The monoisotopic (exact) mass is 350 g/mol. The average molecular weight is 350 g/mol. The summed E-state index contributed by atoms with van der Waals surface area (Å²) < 4.78 is 19.8. The van der Waals surface area contributed by atoms with Crippen LogP contribution in [0.1, 0.15) is 16.9 Å². The third-order valence-electron chi connectivity index (χ3n) is 4.06. The van der Waals surface area contributed by atoms with Crippen molar-refractivity contribution in [3.05, 3.63) is 71.2 Å². The van der Waals surface area contributed by atoms with E-state index in [1.165, 1.54) is 6.07 Å². The van der Waals surface area contributed by atoms with Crippen molar-refractivity contribution in [3.63, 3.8) is 0 Å². The Balaban J connectivity index is 1.65. The summed E-state index contributed by atoms with van der Waals surface area (Å²) in [6.07, 6.45) is 0. The molecule has 132 valence electrons. The molecule has 3 rings (SSSR count). The fraction of sp³-hybridized carbons (Fsp3) is 0.200. The van der Waals surface area contributed by atoms with Gasteiger partial charge in [0.25, 0.3) is 0 Å². The molecule has 0 fully saturated rings. The van der Waals surface area contributed by atoms with Crippen LogP contribution in [0, 0.1) is 17.1 Å². The summed E-state index contributed by atoms with van der Waals surface area (Å²) in [7, 11) is 3.56. The number of hydrogen-bond acceptors (Lipinski definition) is 3. The number of furan rings is 1. The van der Waals surface area contributed by atoms with Crippen molar-refractivity contribution >= 4 is 16.9 Å². The molecule has 0 atom stereocenters. The number of para-hydroxylation sites is 1. The molecule has 0 aliphatic carbocycles. The van der Waals surface area contributed by atoms with Crippen molar-refractivity contribution in [2.45, 2.75) is 13.1 Å². The number of benzene rings is 2. The van der Waals surface area contributed by atoms with Crippen molar-refractivity contribution in [1.29, 1.82) is 5.26 Å². The number of nitriles is 1. The molecule has 0 bridgehead atoms. The van der Waals surface area contributed by atoms with Gasteiger partial charge in [-0.15, -0.1) is 0 Å². The molecule has 0 saturated carbocycles. The zero-order valence-electron chi connectivity index (χ0n) is 14.7. The Morgan fingerprint density at radius 2 is 2.08 bits per heavy atom. The minimum atomic E-state index is -0.410. The SMILES string of the molecule is CN=C(NCc1ccc(C#N)cc1F)N(C)Cc1cc2ccccc2o1. The second kappa shape index (κ2) is 7.70. The van der Waals surface area contributed by atoms with Crippen LogP contribution in [0.3, 0.4) is 0 Å². The van der Waals surface area contributed by atoms with Crippen molar-refractivity contribution in [2.75, 3.05) is 14.1 Å². The second-order valence-electron chi connectivity index (χ2n) is 5.93.